The Balaban J connectivity index is 1.72. The Morgan fingerprint density at radius 2 is 1.83 bits per heavy atom. The van der Waals surface area contributed by atoms with Crippen LogP contribution in [0.25, 0.3) is 10.1 Å². The molecule has 124 valence electrons. The second-order valence-electron chi connectivity index (χ2n) is 5.02. The van der Waals surface area contributed by atoms with Crippen molar-refractivity contribution in [2.45, 2.75) is 12.8 Å². The molecule has 1 heterocycles. The van der Waals surface area contributed by atoms with E-state index in [0.717, 1.165) is 23.0 Å². The van der Waals surface area contributed by atoms with Gasteiger partial charge in [-0.3, -0.25) is 5.32 Å². The van der Waals surface area contributed by atoms with Crippen LogP contribution in [0.3, 0.4) is 0 Å². The topological polar surface area (TPSA) is 38.3 Å². The van der Waals surface area contributed by atoms with Crippen LogP contribution in [0.1, 0.15) is 11.1 Å². The molecule has 0 aliphatic carbocycles. The summed E-state index contributed by atoms with van der Waals surface area (Å²) >= 11 is 0.869. The van der Waals surface area contributed by atoms with Gasteiger partial charge in [0.1, 0.15) is 6.61 Å². The quantitative estimate of drug-likeness (QED) is 0.660. The summed E-state index contributed by atoms with van der Waals surface area (Å²) in [4.78, 5) is 11.8. The average molecular weight is 351 g/mol. The van der Waals surface area contributed by atoms with Gasteiger partial charge in [0.05, 0.1) is 10.6 Å². The Hall–Kier alpha value is -2.54. The van der Waals surface area contributed by atoms with Crippen molar-refractivity contribution >= 4 is 32.5 Å². The highest BCUT2D eigenvalue weighted by molar-refractivity contribution is 7.23. The molecule has 2 aromatic carbocycles. The molecule has 3 aromatic rings. The maximum Gasteiger partial charge on any atom is 0.417 e. The monoisotopic (exact) mass is 351 g/mol. The van der Waals surface area contributed by atoms with Gasteiger partial charge in [0.15, 0.2) is 0 Å². The molecule has 1 aromatic heterocycles. The molecule has 0 aliphatic rings. The van der Waals surface area contributed by atoms with E-state index in [1.165, 1.54) is 12.1 Å². The van der Waals surface area contributed by atoms with Gasteiger partial charge in [0.25, 0.3) is 0 Å². The van der Waals surface area contributed by atoms with Crippen molar-refractivity contribution in [3.63, 3.8) is 0 Å². The normalized spacial score (nSPS) is 11.5. The van der Waals surface area contributed by atoms with E-state index in [2.05, 4.69) is 5.32 Å². The number of carbonyl (C=O) groups excluding carboxylic acids is 1. The summed E-state index contributed by atoms with van der Waals surface area (Å²) < 4.78 is 44.1. The lowest BCUT2D eigenvalue weighted by molar-refractivity contribution is -0.136. The van der Waals surface area contributed by atoms with Gasteiger partial charge in [-0.1, -0.05) is 42.5 Å². The van der Waals surface area contributed by atoms with Crippen LogP contribution in [-0.4, -0.2) is 6.09 Å². The van der Waals surface area contributed by atoms with E-state index in [4.69, 9.17) is 4.74 Å². The third kappa shape index (κ3) is 3.68. The minimum absolute atomic E-state index is 0.0864. The largest absolute Gasteiger partial charge is 0.444 e. The first-order valence-electron chi connectivity index (χ1n) is 7.01. The second kappa shape index (κ2) is 6.52. The van der Waals surface area contributed by atoms with Crippen LogP contribution in [-0.2, 0) is 17.5 Å². The molecule has 0 atom stereocenters. The van der Waals surface area contributed by atoms with E-state index in [9.17, 15) is 18.0 Å². The zero-order valence-corrected chi connectivity index (χ0v) is 13.1. The van der Waals surface area contributed by atoms with Crippen LogP contribution in [0.2, 0.25) is 0 Å². The summed E-state index contributed by atoms with van der Waals surface area (Å²) in [5.74, 6) is 0. The Morgan fingerprint density at radius 3 is 2.54 bits per heavy atom. The summed E-state index contributed by atoms with van der Waals surface area (Å²) in [5, 5.41) is 3.20. The fraction of sp³-hybridized carbons (Fsp3) is 0.118. The highest BCUT2D eigenvalue weighted by atomic mass is 32.1. The van der Waals surface area contributed by atoms with Crippen LogP contribution >= 0.6 is 11.3 Å². The van der Waals surface area contributed by atoms with Crippen molar-refractivity contribution in [1.82, 2.24) is 0 Å². The number of hydrogen-bond donors (Lipinski definition) is 1. The summed E-state index contributed by atoms with van der Waals surface area (Å²) in [6, 6.07) is 14.5. The molecule has 7 heteroatoms. The zero-order valence-electron chi connectivity index (χ0n) is 12.3. The standard InChI is InChI=1S/C17H12F3NO2S/c18-17(19,20)13-8-4-7-12-9-14(24-15(12)13)21-16(22)23-10-11-5-2-1-3-6-11/h1-9H,10H2,(H,21,22). The van der Waals surface area contributed by atoms with Crippen LogP contribution in [0, 0.1) is 0 Å². The number of hydrogen-bond acceptors (Lipinski definition) is 3. The molecule has 3 nitrogen and oxygen atoms in total. The van der Waals surface area contributed by atoms with Crippen LogP contribution in [0.5, 0.6) is 0 Å². The number of rotatable bonds is 3. The molecule has 0 spiro atoms. The predicted octanol–water partition coefficient (Wildman–Crippen LogP) is 5.67. The molecule has 0 unspecified atom stereocenters. The molecule has 0 aliphatic heterocycles. The number of anilines is 1. The molecule has 3 rings (SSSR count). The second-order valence-corrected chi connectivity index (χ2v) is 6.07. The smallest absolute Gasteiger partial charge is 0.417 e. The Kier molecular flexibility index (Phi) is 4.44. The number of ether oxygens (including phenoxy) is 1. The van der Waals surface area contributed by atoms with Gasteiger partial charge in [-0.25, -0.2) is 4.79 Å². The van der Waals surface area contributed by atoms with Gasteiger partial charge in [0.2, 0.25) is 0 Å². The first-order chi connectivity index (χ1) is 11.4. The number of nitrogens with one attached hydrogen (secondary N) is 1. The van der Waals surface area contributed by atoms with Gasteiger partial charge in [-0.2, -0.15) is 13.2 Å². The third-order valence-corrected chi connectivity index (χ3v) is 4.39. The lowest BCUT2D eigenvalue weighted by Crippen LogP contribution is -2.12. The van der Waals surface area contributed by atoms with Crippen LogP contribution < -0.4 is 5.32 Å². The van der Waals surface area contributed by atoms with Crippen molar-refractivity contribution in [3.8, 4) is 0 Å². The number of thiophene rings is 1. The molecule has 0 radical (unpaired) electrons. The Labute approximate surface area is 139 Å². The maximum absolute atomic E-state index is 13.0. The van der Waals surface area contributed by atoms with Gasteiger partial charge in [-0.15, -0.1) is 11.3 Å². The van der Waals surface area contributed by atoms with E-state index in [-0.39, 0.29) is 11.3 Å². The molecule has 1 amide bonds. The lowest BCUT2D eigenvalue weighted by Gasteiger charge is -2.07. The van der Waals surface area contributed by atoms with Crippen molar-refractivity contribution in [2.75, 3.05) is 5.32 Å². The molecule has 0 fully saturated rings. The maximum atomic E-state index is 13.0. The molecule has 0 bridgehead atoms. The fourth-order valence-corrected chi connectivity index (χ4v) is 3.29. The third-order valence-electron chi connectivity index (χ3n) is 3.29. The van der Waals surface area contributed by atoms with E-state index < -0.39 is 17.8 Å². The van der Waals surface area contributed by atoms with Gasteiger partial charge in [0, 0.05) is 4.70 Å². The predicted molar refractivity (Wildman–Crippen MR) is 87.1 cm³/mol. The number of fused-ring (bicyclic) bond motifs is 1. The minimum atomic E-state index is -4.44. The lowest BCUT2D eigenvalue weighted by atomic mass is 10.1. The molecule has 0 saturated carbocycles. The summed E-state index contributed by atoms with van der Waals surface area (Å²) in [6.45, 7) is 0.0887. The summed E-state index contributed by atoms with van der Waals surface area (Å²) in [6.07, 6.45) is -5.14. The highest BCUT2D eigenvalue weighted by Crippen LogP contribution is 2.40. The van der Waals surface area contributed by atoms with Gasteiger partial charge < -0.3 is 4.74 Å². The van der Waals surface area contributed by atoms with Crippen molar-refractivity contribution in [2.24, 2.45) is 0 Å². The molecular formula is C17H12F3NO2S. The van der Waals surface area contributed by atoms with Gasteiger partial charge >= 0.3 is 12.3 Å². The summed E-state index contributed by atoms with van der Waals surface area (Å²) in [7, 11) is 0. The molecule has 0 saturated heterocycles. The summed E-state index contributed by atoms with van der Waals surface area (Å²) in [5.41, 5.74) is 0.110. The van der Waals surface area contributed by atoms with Gasteiger partial charge in [-0.05, 0) is 23.1 Å². The number of benzene rings is 2. The van der Waals surface area contributed by atoms with Crippen molar-refractivity contribution in [3.05, 3.63) is 65.7 Å². The molecule has 1 N–H and O–H groups in total. The number of alkyl halides is 3. The van der Waals surface area contributed by atoms with E-state index in [0.29, 0.717) is 10.4 Å². The van der Waals surface area contributed by atoms with Crippen LogP contribution in [0.4, 0.5) is 23.0 Å². The van der Waals surface area contributed by atoms with E-state index >= 15 is 0 Å². The Bertz CT molecular complexity index is 859. The van der Waals surface area contributed by atoms with E-state index in [1.54, 1.807) is 6.07 Å². The first kappa shape index (κ1) is 16.3. The zero-order chi connectivity index (χ0) is 17.2. The number of carbonyl (C=O) groups is 1. The fourth-order valence-electron chi connectivity index (χ4n) is 2.21. The van der Waals surface area contributed by atoms with Crippen LogP contribution in [0.15, 0.2) is 54.6 Å². The van der Waals surface area contributed by atoms with E-state index in [1.807, 2.05) is 30.3 Å². The molecular weight excluding hydrogens is 339 g/mol. The first-order valence-corrected chi connectivity index (χ1v) is 7.82. The Morgan fingerprint density at radius 1 is 1.08 bits per heavy atom. The highest BCUT2D eigenvalue weighted by Gasteiger charge is 2.33. The number of halogens is 3. The average Bonchev–Trinajstić information content (AvgIpc) is 2.95. The minimum Gasteiger partial charge on any atom is -0.444 e. The SMILES string of the molecule is O=C(Nc1cc2cccc(C(F)(F)F)c2s1)OCc1ccccc1. The number of amides is 1. The molecule has 24 heavy (non-hydrogen) atoms. The van der Waals surface area contributed by atoms with Crippen molar-refractivity contribution < 1.29 is 22.7 Å². The van der Waals surface area contributed by atoms with Crippen molar-refractivity contribution in [1.29, 1.82) is 0 Å².